The molecule has 1 aromatic carbocycles. The summed E-state index contributed by atoms with van der Waals surface area (Å²) in [7, 11) is 1.94. The Hall–Kier alpha value is -1.59. The predicted octanol–water partition coefficient (Wildman–Crippen LogP) is 3.71. The van der Waals surface area contributed by atoms with Gasteiger partial charge in [0.25, 0.3) is 0 Å². The lowest BCUT2D eigenvalue weighted by Crippen LogP contribution is -2.23. The molecule has 0 saturated heterocycles. The smallest absolute Gasteiger partial charge is 0.129 e. The van der Waals surface area contributed by atoms with Gasteiger partial charge in [-0.3, -0.25) is 0 Å². The lowest BCUT2D eigenvalue weighted by atomic mass is 10.2. The zero-order valence-corrected chi connectivity index (χ0v) is 12.9. The van der Waals surface area contributed by atoms with E-state index in [1.807, 2.05) is 17.8 Å². The normalized spacial score (nSPS) is 11.2. The summed E-state index contributed by atoms with van der Waals surface area (Å²) in [6, 6.07) is 6.43. The number of aromatic nitrogens is 3. The molecule has 0 spiro atoms. The predicted molar refractivity (Wildman–Crippen MR) is 84.6 cm³/mol. The molecule has 6 heteroatoms. The van der Waals surface area contributed by atoms with Gasteiger partial charge in [-0.25, -0.2) is 4.98 Å². The molecule has 0 unspecified atom stereocenters. The zero-order chi connectivity index (χ0) is 14.1. The number of anilines is 1. The molecule has 0 radical (unpaired) electrons. The quantitative estimate of drug-likeness (QED) is 0.737. The molecule has 2 aromatic heterocycles. The summed E-state index contributed by atoms with van der Waals surface area (Å²) in [5.41, 5.74) is 1.18. The third kappa shape index (κ3) is 2.39. The minimum Gasteiger partial charge on any atom is -0.364 e. The van der Waals surface area contributed by atoms with E-state index in [2.05, 4.69) is 39.4 Å². The molecule has 2 heterocycles. The maximum atomic E-state index is 6.04. The Morgan fingerprint density at radius 2 is 2.20 bits per heavy atom. The summed E-state index contributed by atoms with van der Waals surface area (Å²) in [6.07, 6.45) is 3.60. The number of rotatable bonds is 4. The van der Waals surface area contributed by atoms with Crippen LogP contribution in [0.15, 0.2) is 30.6 Å². The lowest BCUT2D eigenvalue weighted by Gasteiger charge is -2.22. The van der Waals surface area contributed by atoms with E-state index in [0.717, 1.165) is 18.9 Å². The molecule has 0 fully saturated rings. The molecule has 3 aromatic rings. The Balaban J connectivity index is 1.90. The average Bonchev–Trinajstić information content (AvgIpc) is 3.04. The summed E-state index contributed by atoms with van der Waals surface area (Å²) in [5.74, 6) is 0.959. The number of benzene rings is 1. The van der Waals surface area contributed by atoms with Crippen LogP contribution in [-0.4, -0.2) is 20.5 Å². The van der Waals surface area contributed by atoms with Gasteiger partial charge in [0.15, 0.2) is 0 Å². The molecule has 0 bridgehead atoms. The van der Waals surface area contributed by atoms with Gasteiger partial charge in [0.05, 0.1) is 17.4 Å². The van der Waals surface area contributed by atoms with Crippen molar-refractivity contribution in [1.82, 2.24) is 13.9 Å². The first-order valence-corrected chi connectivity index (χ1v) is 7.59. The van der Waals surface area contributed by atoms with Crippen LogP contribution in [0.5, 0.6) is 0 Å². The topological polar surface area (TPSA) is 34.0 Å². The standard InChI is InChI=1S/C14H15ClN4S/c1-3-19(9-14-16-8-13(15)18(14)2)11-4-5-12-10(6-11)7-17-20-12/h4-8H,3,9H2,1-2H3. The van der Waals surface area contributed by atoms with Crippen LogP contribution in [0.3, 0.4) is 0 Å². The summed E-state index contributed by atoms with van der Waals surface area (Å²) < 4.78 is 7.34. The molecule has 0 aliphatic heterocycles. The molecular weight excluding hydrogens is 292 g/mol. The van der Waals surface area contributed by atoms with Gasteiger partial charge in [-0.1, -0.05) is 11.6 Å². The minimum atomic E-state index is 0.661. The largest absolute Gasteiger partial charge is 0.364 e. The summed E-state index contributed by atoms with van der Waals surface area (Å²) in [4.78, 5) is 6.63. The molecular formula is C14H15ClN4S. The van der Waals surface area contributed by atoms with Crippen molar-refractivity contribution in [2.45, 2.75) is 13.5 Å². The molecule has 0 saturated carbocycles. The first-order chi connectivity index (χ1) is 9.69. The number of fused-ring (bicyclic) bond motifs is 1. The van der Waals surface area contributed by atoms with Gasteiger partial charge in [0.2, 0.25) is 0 Å². The first kappa shape index (κ1) is 13.4. The number of halogens is 1. The van der Waals surface area contributed by atoms with E-state index >= 15 is 0 Å². The van der Waals surface area contributed by atoms with Gasteiger partial charge in [-0.2, -0.15) is 4.37 Å². The molecule has 4 nitrogen and oxygen atoms in total. The van der Waals surface area contributed by atoms with Gasteiger partial charge >= 0.3 is 0 Å². The Bertz CT molecular complexity index is 734. The maximum absolute atomic E-state index is 6.04. The van der Waals surface area contributed by atoms with Crippen molar-refractivity contribution in [2.75, 3.05) is 11.4 Å². The molecule has 3 rings (SSSR count). The average molecular weight is 307 g/mol. The van der Waals surface area contributed by atoms with Crippen molar-refractivity contribution in [3.05, 3.63) is 41.6 Å². The Morgan fingerprint density at radius 3 is 2.90 bits per heavy atom. The van der Waals surface area contributed by atoms with Crippen molar-refractivity contribution in [3.63, 3.8) is 0 Å². The third-order valence-electron chi connectivity index (χ3n) is 3.44. The fraction of sp³-hybridized carbons (Fsp3) is 0.286. The maximum Gasteiger partial charge on any atom is 0.129 e. The van der Waals surface area contributed by atoms with Gasteiger partial charge in [-0.05, 0) is 36.7 Å². The molecule has 0 amide bonds. The zero-order valence-electron chi connectivity index (χ0n) is 11.4. The summed E-state index contributed by atoms with van der Waals surface area (Å²) >= 11 is 7.56. The van der Waals surface area contributed by atoms with Crippen LogP contribution in [0.4, 0.5) is 5.69 Å². The van der Waals surface area contributed by atoms with Gasteiger partial charge < -0.3 is 9.47 Å². The van der Waals surface area contributed by atoms with E-state index in [0.29, 0.717) is 5.15 Å². The van der Waals surface area contributed by atoms with Crippen LogP contribution in [0.1, 0.15) is 12.7 Å². The van der Waals surface area contributed by atoms with Crippen molar-refractivity contribution >= 4 is 38.9 Å². The molecule has 0 atom stereocenters. The van der Waals surface area contributed by atoms with Gasteiger partial charge in [0, 0.05) is 30.9 Å². The molecule has 0 aliphatic carbocycles. The number of hydrogen-bond donors (Lipinski definition) is 0. The van der Waals surface area contributed by atoms with Crippen molar-refractivity contribution in [3.8, 4) is 0 Å². The Morgan fingerprint density at radius 1 is 1.35 bits per heavy atom. The van der Waals surface area contributed by atoms with Crippen LogP contribution < -0.4 is 4.90 Å². The summed E-state index contributed by atoms with van der Waals surface area (Å²) in [6.45, 7) is 3.79. The highest BCUT2D eigenvalue weighted by atomic mass is 35.5. The van der Waals surface area contributed by atoms with Crippen LogP contribution in [0.2, 0.25) is 5.15 Å². The third-order valence-corrected chi connectivity index (χ3v) is 4.57. The minimum absolute atomic E-state index is 0.661. The lowest BCUT2D eigenvalue weighted by molar-refractivity contribution is 0.731. The number of hydrogen-bond acceptors (Lipinski definition) is 4. The van der Waals surface area contributed by atoms with E-state index in [1.54, 1.807) is 6.20 Å². The second-order valence-corrected chi connectivity index (χ2v) is 5.84. The SMILES string of the molecule is CCN(Cc1ncc(Cl)n1C)c1ccc2sncc2c1. The first-order valence-electron chi connectivity index (χ1n) is 6.44. The van der Waals surface area contributed by atoms with Crippen molar-refractivity contribution in [2.24, 2.45) is 7.05 Å². The second-order valence-electron chi connectivity index (χ2n) is 4.62. The van der Waals surface area contributed by atoms with E-state index < -0.39 is 0 Å². The Kier molecular flexibility index (Phi) is 3.63. The fourth-order valence-corrected chi connectivity index (χ4v) is 2.96. The van der Waals surface area contributed by atoms with Crippen LogP contribution in [0.25, 0.3) is 10.1 Å². The summed E-state index contributed by atoms with van der Waals surface area (Å²) in [5, 5.41) is 1.84. The van der Waals surface area contributed by atoms with E-state index in [9.17, 15) is 0 Å². The van der Waals surface area contributed by atoms with Crippen molar-refractivity contribution in [1.29, 1.82) is 0 Å². The van der Waals surface area contributed by atoms with E-state index in [4.69, 9.17) is 11.6 Å². The van der Waals surface area contributed by atoms with E-state index in [1.165, 1.54) is 27.3 Å². The number of imidazole rings is 1. The van der Waals surface area contributed by atoms with Crippen LogP contribution in [-0.2, 0) is 13.6 Å². The van der Waals surface area contributed by atoms with Crippen LogP contribution in [0, 0.1) is 0 Å². The molecule has 0 N–H and O–H groups in total. The molecule has 0 aliphatic rings. The second kappa shape index (κ2) is 5.42. The highest BCUT2D eigenvalue weighted by Gasteiger charge is 2.11. The molecule has 104 valence electrons. The monoisotopic (exact) mass is 306 g/mol. The van der Waals surface area contributed by atoms with Gasteiger partial charge in [0.1, 0.15) is 11.0 Å². The molecule has 20 heavy (non-hydrogen) atoms. The Labute approximate surface area is 126 Å². The van der Waals surface area contributed by atoms with E-state index in [-0.39, 0.29) is 0 Å². The van der Waals surface area contributed by atoms with Crippen LogP contribution >= 0.6 is 23.1 Å². The fourth-order valence-electron chi connectivity index (χ4n) is 2.18. The van der Waals surface area contributed by atoms with Gasteiger partial charge in [-0.15, -0.1) is 0 Å². The highest BCUT2D eigenvalue weighted by Crippen LogP contribution is 2.25. The number of nitrogens with zero attached hydrogens (tertiary/aromatic N) is 4. The highest BCUT2D eigenvalue weighted by molar-refractivity contribution is 7.13. The van der Waals surface area contributed by atoms with Crippen molar-refractivity contribution < 1.29 is 0 Å².